The van der Waals surface area contributed by atoms with E-state index in [-0.39, 0.29) is 18.1 Å². The molecule has 2 rings (SSSR count). The van der Waals surface area contributed by atoms with E-state index < -0.39 is 22.3 Å². The summed E-state index contributed by atoms with van der Waals surface area (Å²) in [6, 6.07) is 9.04. The average Bonchev–Trinajstić information content (AvgIpc) is 2.92. The molecule has 130 valence electrons. The van der Waals surface area contributed by atoms with E-state index >= 15 is 0 Å². The van der Waals surface area contributed by atoms with Crippen molar-refractivity contribution >= 4 is 21.9 Å². The van der Waals surface area contributed by atoms with Gasteiger partial charge < -0.3 is 4.74 Å². The van der Waals surface area contributed by atoms with Gasteiger partial charge in [0, 0.05) is 5.69 Å². The lowest BCUT2D eigenvalue weighted by Crippen LogP contribution is -2.26. The summed E-state index contributed by atoms with van der Waals surface area (Å²) in [6.45, 7) is 5.24. The molecule has 0 bridgehead atoms. The number of ether oxygens (including phenoxy) is 1. The number of amides is 1. The lowest BCUT2D eigenvalue weighted by molar-refractivity contribution is 0.107. The minimum Gasteiger partial charge on any atom is -0.441 e. The zero-order valence-corrected chi connectivity index (χ0v) is 14.7. The third-order valence-corrected chi connectivity index (χ3v) is 4.77. The molecule has 0 N–H and O–H groups in total. The van der Waals surface area contributed by atoms with Gasteiger partial charge in [-0.1, -0.05) is 29.8 Å². The van der Waals surface area contributed by atoms with Crippen LogP contribution in [-0.4, -0.2) is 33.8 Å². The maximum Gasteiger partial charge on any atom is 0.414 e. The molecule has 1 fully saturated rings. The van der Waals surface area contributed by atoms with Gasteiger partial charge >= 0.3 is 6.09 Å². The van der Waals surface area contributed by atoms with E-state index in [2.05, 4.69) is 0 Å². The zero-order chi connectivity index (χ0) is 17.7. The predicted octanol–water partition coefficient (Wildman–Crippen LogP) is 3.23. The first-order valence-corrected chi connectivity index (χ1v) is 8.95. The molecule has 1 atom stereocenters. The molecule has 1 aliphatic heterocycles. The first-order valence-electron chi connectivity index (χ1n) is 7.54. The summed E-state index contributed by atoms with van der Waals surface area (Å²) in [6.07, 6.45) is 2.04. The Morgan fingerprint density at radius 1 is 1.25 bits per heavy atom. The number of para-hydroxylation sites is 1. The van der Waals surface area contributed by atoms with Gasteiger partial charge in [-0.2, -0.15) is 8.42 Å². The highest BCUT2D eigenvalue weighted by molar-refractivity contribution is 7.90. The first-order chi connectivity index (χ1) is 11.3. The fourth-order valence-corrected chi connectivity index (χ4v) is 2.80. The molecule has 6 nitrogen and oxygen atoms in total. The topological polar surface area (TPSA) is 72.9 Å². The zero-order valence-electron chi connectivity index (χ0n) is 13.9. The van der Waals surface area contributed by atoms with E-state index in [1.807, 2.05) is 32.0 Å². The molecule has 1 heterocycles. The van der Waals surface area contributed by atoms with Crippen molar-refractivity contribution in [3.63, 3.8) is 0 Å². The molecule has 1 aliphatic rings. The van der Waals surface area contributed by atoms with Crippen molar-refractivity contribution in [2.45, 2.75) is 26.9 Å². The van der Waals surface area contributed by atoms with Gasteiger partial charge in [0.25, 0.3) is 10.1 Å². The summed E-state index contributed by atoms with van der Waals surface area (Å²) < 4.78 is 34.3. The molecule has 0 spiro atoms. The molecule has 1 aromatic carbocycles. The Labute approximate surface area is 142 Å². The van der Waals surface area contributed by atoms with E-state index in [1.165, 1.54) is 17.9 Å². The van der Waals surface area contributed by atoms with E-state index in [0.717, 1.165) is 5.57 Å². The van der Waals surface area contributed by atoms with Gasteiger partial charge in [0.1, 0.15) is 12.7 Å². The van der Waals surface area contributed by atoms with Crippen molar-refractivity contribution < 1.29 is 22.1 Å². The number of hydrogen-bond donors (Lipinski definition) is 0. The van der Waals surface area contributed by atoms with Gasteiger partial charge in [0.2, 0.25) is 0 Å². The number of carbonyl (C=O) groups is 1. The Balaban J connectivity index is 1.97. The molecule has 0 unspecified atom stereocenters. The third kappa shape index (κ3) is 4.69. The van der Waals surface area contributed by atoms with Gasteiger partial charge in [0.15, 0.2) is 0 Å². The molecule has 1 aromatic rings. The van der Waals surface area contributed by atoms with E-state index in [1.54, 1.807) is 18.2 Å². The van der Waals surface area contributed by atoms with Crippen LogP contribution < -0.4 is 4.90 Å². The molecule has 7 heteroatoms. The number of benzene rings is 1. The second-order valence-electron chi connectivity index (χ2n) is 5.71. The normalized spacial score (nSPS) is 18.5. The predicted molar refractivity (Wildman–Crippen MR) is 92.1 cm³/mol. The second-order valence-corrected chi connectivity index (χ2v) is 7.50. The van der Waals surface area contributed by atoms with Crippen LogP contribution in [-0.2, 0) is 19.0 Å². The van der Waals surface area contributed by atoms with E-state index in [4.69, 9.17) is 8.92 Å². The number of nitrogens with zero attached hydrogens (tertiary/aromatic N) is 1. The maximum atomic E-state index is 12.1. The summed E-state index contributed by atoms with van der Waals surface area (Å²) in [7, 11) is -3.84. The van der Waals surface area contributed by atoms with Crippen LogP contribution in [0.5, 0.6) is 0 Å². The SMILES string of the molecule is CC(C)=C/C=C(\C)S(=O)(=O)OC[C@H]1CN(c2ccccc2)C(=O)O1. The van der Waals surface area contributed by atoms with Gasteiger partial charge in [-0.05, 0) is 39.0 Å². The van der Waals surface area contributed by atoms with Crippen LogP contribution in [0.4, 0.5) is 10.5 Å². The van der Waals surface area contributed by atoms with E-state index in [0.29, 0.717) is 5.69 Å². The Bertz CT molecular complexity index is 748. The van der Waals surface area contributed by atoms with Crippen LogP contribution >= 0.6 is 0 Å². The van der Waals surface area contributed by atoms with Crippen LogP contribution in [0.15, 0.2) is 53.0 Å². The highest BCUT2D eigenvalue weighted by Crippen LogP contribution is 2.22. The Morgan fingerprint density at radius 3 is 2.54 bits per heavy atom. The number of hydrogen-bond acceptors (Lipinski definition) is 5. The van der Waals surface area contributed by atoms with Crippen LogP contribution in [0.25, 0.3) is 0 Å². The molecular weight excluding hydrogens is 330 g/mol. The quantitative estimate of drug-likeness (QED) is 0.581. The van der Waals surface area contributed by atoms with Crippen molar-refractivity contribution in [3.8, 4) is 0 Å². The van der Waals surface area contributed by atoms with Crippen LogP contribution in [0.1, 0.15) is 20.8 Å². The number of rotatable bonds is 6. The van der Waals surface area contributed by atoms with Gasteiger partial charge in [-0.15, -0.1) is 0 Å². The fourth-order valence-electron chi connectivity index (χ4n) is 2.05. The molecular formula is C17H21NO5S. The summed E-state index contributed by atoms with van der Waals surface area (Å²) in [5.41, 5.74) is 1.68. The Morgan fingerprint density at radius 2 is 1.92 bits per heavy atom. The maximum absolute atomic E-state index is 12.1. The smallest absolute Gasteiger partial charge is 0.414 e. The molecule has 0 aromatic heterocycles. The Hall–Kier alpha value is -2.12. The monoisotopic (exact) mass is 351 g/mol. The number of carbonyl (C=O) groups excluding carboxylic acids is 1. The van der Waals surface area contributed by atoms with E-state index in [9.17, 15) is 13.2 Å². The molecule has 1 amide bonds. The highest BCUT2D eigenvalue weighted by atomic mass is 32.2. The molecule has 0 saturated carbocycles. The van der Waals surface area contributed by atoms with Crippen LogP contribution in [0.3, 0.4) is 0 Å². The summed E-state index contributed by atoms with van der Waals surface area (Å²) in [5.74, 6) is 0. The van der Waals surface area contributed by atoms with Gasteiger partial charge in [-0.25, -0.2) is 4.79 Å². The van der Waals surface area contributed by atoms with Gasteiger partial charge in [-0.3, -0.25) is 9.08 Å². The second kappa shape index (κ2) is 7.63. The molecule has 0 aliphatic carbocycles. The van der Waals surface area contributed by atoms with Crippen molar-refractivity contribution in [1.29, 1.82) is 0 Å². The first kappa shape index (κ1) is 18.2. The average molecular weight is 351 g/mol. The third-order valence-electron chi connectivity index (χ3n) is 3.40. The number of allylic oxidation sites excluding steroid dienone is 4. The minimum absolute atomic E-state index is 0.105. The molecule has 1 saturated heterocycles. The van der Waals surface area contributed by atoms with Crippen LogP contribution in [0.2, 0.25) is 0 Å². The van der Waals surface area contributed by atoms with Crippen molar-refractivity contribution in [1.82, 2.24) is 0 Å². The minimum atomic E-state index is -3.84. The summed E-state index contributed by atoms with van der Waals surface area (Å²) in [5, 5.41) is 0. The van der Waals surface area contributed by atoms with Crippen LogP contribution in [0, 0.1) is 0 Å². The largest absolute Gasteiger partial charge is 0.441 e. The van der Waals surface area contributed by atoms with Crippen molar-refractivity contribution in [3.05, 3.63) is 53.0 Å². The standard InChI is InChI=1S/C17H21NO5S/c1-13(2)9-10-14(3)24(20,21)22-12-16-11-18(17(19)23-16)15-7-5-4-6-8-15/h4-10,16H,11-12H2,1-3H3/b14-10+/t16-/m1/s1. The number of anilines is 1. The lowest BCUT2D eigenvalue weighted by Gasteiger charge is -2.12. The summed E-state index contributed by atoms with van der Waals surface area (Å²) >= 11 is 0. The summed E-state index contributed by atoms with van der Waals surface area (Å²) in [4.78, 5) is 13.5. The highest BCUT2D eigenvalue weighted by Gasteiger charge is 2.33. The fraction of sp³-hybridized carbons (Fsp3) is 0.353. The number of cyclic esters (lactones) is 1. The van der Waals surface area contributed by atoms with Gasteiger partial charge in [0.05, 0.1) is 11.4 Å². The van der Waals surface area contributed by atoms with Crippen molar-refractivity contribution in [2.24, 2.45) is 0 Å². The lowest BCUT2D eigenvalue weighted by atomic mass is 10.3. The Kier molecular flexibility index (Phi) is 5.80. The van der Waals surface area contributed by atoms with Crippen molar-refractivity contribution in [2.75, 3.05) is 18.1 Å². The molecule has 0 radical (unpaired) electrons. The molecule has 24 heavy (non-hydrogen) atoms.